The van der Waals surface area contributed by atoms with Crippen molar-refractivity contribution in [3.05, 3.63) is 53.7 Å². The summed E-state index contributed by atoms with van der Waals surface area (Å²) < 4.78 is 0. The molecule has 2 aromatic rings. The van der Waals surface area contributed by atoms with Crippen LogP contribution < -0.4 is 5.73 Å². The van der Waals surface area contributed by atoms with Crippen LogP contribution in [0.25, 0.3) is 16.8 Å². The minimum absolute atomic E-state index is 0.157. The van der Waals surface area contributed by atoms with Crippen LogP contribution in [0.5, 0.6) is 0 Å². The summed E-state index contributed by atoms with van der Waals surface area (Å²) in [5.41, 5.74) is 5.99. The van der Waals surface area contributed by atoms with Crippen LogP contribution in [0.2, 0.25) is 0 Å². The molecule has 0 radical (unpaired) electrons. The smallest absolute Gasteiger partial charge is 0.351 e. The molecule has 3 nitrogen and oxygen atoms in total. The third-order valence-corrected chi connectivity index (χ3v) is 2.34. The average molecular weight is 213 g/mol. The molecule has 3 heteroatoms. The maximum Gasteiger partial charge on any atom is 0.351 e. The molecule has 0 aliphatic rings. The van der Waals surface area contributed by atoms with Gasteiger partial charge in [0.15, 0.2) is 0 Å². The molecule has 3 N–H and O–H groups in total. The van der Waals surface area contributed by atoms with E-state index in [0.29, 0.717) is 0 Å². The fourth-order valence-corrected chi connectivity index (χ4v) is 1.54. The lowest BCUT2D eigenvalue weighted by atomic mass is 10.1. The van der Waals surface area contributed by atoms with E-state index < -0.39 is 5.97 Å². The summed E-state index contributed by atoms with van der Waals surface area (Å²) in [5, 5.41) is 10.8. The maximum absolute atomic E-state index is 10.6. The molecule has 0 heterocycles. The average Bonchev–Trinajstić information content (AvgIpc) is 2.28. The fraction of sp³-hybridized carbons (Fsp3) is 0. The highest BCUT2D eigenvalue weighted by atomic mass is 16.4. The first-order valence-corrected chi connectivity index (χ1v) is 4.86. The first kappa shape index (κ1) is 10.2. The van der Waals surface area contributed by atoms with E-state index in [2.05, 4.69) is 0 Å². The number of rotatable bonds is 2. The number of carboxylic acids is 1. The monoisotopic (exact) mass is 213 g/mol. The zero-order valence-electron chi connectivity index (χ0n) is 8.55. The van der Waals surface area contributed by atoms with Gasteiger partial charge in [0.2, 0.25) is 0 Å². The van der Waals surface area contributed by atoms with Crippen molar-refractivity contribution in [2.24, 2.45) is 5.73 Å². The summed E-state index contributed by atoms with van der Waals surface area (Å²) in [6.07, 6.45) is 1.45. The molecular formula is C13H11NO2. The Bertz CT molecular complexity index is 573. The Balaban J connectivity index is 2.47. The Morgan fingerprint density at radius 1 is 1.12 bits per heavy atom. The molecule has 0 atom stereocenters. The van der Waals surface area contributed by atoms with Gasteiger partial charge < -0.3 is 10.8 Å². The topological polar surface area (TPSA) is 63.3 Å². The molecule has 16 heavy (non-hydrogen) atoms. The van der Waals surface area contributed by atoms with Gasteiger partial charge in [-0.15, -0.1) is 0 Å². The van der Waals surface area contributed by atoms with Gasteiger partial charge in [-0.1, -0.05) is 36.4 Å². The van der Waals surface area contributed by atoms with E-state index >= 15 is 0 Å². The highest BCUT2D eigenvalue weighted by Gasteiger charge is 2.01. The molecule has 0 aromatic heterocycles. The van der Waals surface area contributed by atoms with Crippen molar-refractivity contribution in [2.75, 3.05) is 0 Å². The van der Waals surface area contributed by atoms with Crippen molar-refractivity contribution in [3.8, 4) is 0 Å². The van der Waals surface area contributed by atoms with Gasteiger partial charge in [0.1, 0.15) is 5.70 Å². The number of hydrogen-bond donors (Lipinski definition) is 2. The first-order chi connectivity index (χ1) is 7.66. The number of hydrogen-bond acceptors (Lipinski definition) is 2. The highest BCUT2D eigenvalue weighted by Crippen LogP contribution is 2.16. The summed E-state index contributed by atoms with van der Waals surface area (Å²) in [7, 11) is 0. The fourth-order valence-electron chi connectivity index (χ4n) is 1.54. The Morgan fingerprint density at radius 2 is 1.81 bits per heavy atom. The van der Waals surface area contributed by atoms with E-state index in [1.807, 2.05) is 42.5 Å². The molecule has 80 valence electrons. The molecule has 0 aliphatic heterocycles. The van der Waals surface area contributed by atoms with E-state index in [0.717, 1.165) is 16.3 Å². The second kappa shape index (κ2) is 4.06. The normalized spacial score (nSPS) is 11.6. The van der Waals surface area contributed by atoms with Crippen LogP contribution in [0, 0.1) is 0 Å². The van der Waals surface area contributed by atoms with Crippen molar-refractivity contribution < 1.29 is 9.90 Å². The van der Waals surface area contributed by atoms with Crippen LogP contribution in [0.4, 0.5) is 0 Å². The summed E-state index contributed by atoms with van der Waals surface area (Å²) >= 11 is 0. The van der Waals surface area contributed by atoms with Crippen molar-refractivity contribution >= 4 is 22.8 Å². The van der Waals surface area contributed by atoms with Crippen molar-refractivity contribution in [2.45, 2.75) is 0 Å². The first-order valence-electron chi connectivity index (χ1n) is 4.86. The molecule has 0 unspecified atom stereocenters. The predicted molar refractivity (Wildman–Crippen MR) is 63.7 cm³/mol. The van der Waals surface area contributed by atoms with E-state index in [1.165, 1.54) is 6.08 Å². The van der Waals surface area contributed by atoms with E-state index in [9.17, 15) is 4.79 Å². The molecule has 2 aromatic carbocycles. The quantitative estimate of drug-likeness (QED) is 0.752. The lowest BCUT2D eigenvalue weighted by Crippen LogP contribution is -2.09. The standard InChI is InChI=1S/C13H11NO2/c14-12(13(15)16)8-9-5-6-10-3-1-2-4-11(10)7-9/h1-8H,14H2,(H,15,16)/b12-8+. The molecule has 0 spiro atoms. The number of nitrogens with two attached hydrogens (primary N) is 1. The Kier molecular flexibility index (Phi) is 2.60. The van der Waals surface area contributed by atoms with Gasteiger partial charge in [-0.05, 0) is 28.5 Å². The van der Waals surface area contributed by atoms with Crippen LogP contribution in [-0.4, -0.2) is 11.1 Å². The molecule has 2 rings (SSSR count). The van der Waals surface area contributed by atoms with Gasteiger partial charge in [-0.3, -0.25) is 0 Å². The summed E-state index contributed by atoms with van der Waals surface area (Å²) in [5.74, 6) is -1.10. The second-order valence-corrected chi connectivity index (χ2v) is 3.51. The lowest BCUT2D eigenvalue weighted by Gasteiger charge is -2.00. The number of fused-ring (bicyclic) bond motifs is 1. The molecule has 0 saturated heterocycles. The Labute approximate surface area is 92.8 Å². The van der Waals surface area contributed by atoms with Crippen LogP contribution in [0.3, 0.4) is 0 Å². The molecule has 0 bridgehead atoms. The second-order valence-electron chi connectivity index (χ2n) is 3.51. The van der Waals surface area contributed by atoms with Crippen LogP contribution in [0.15, 0.2) is 48.2 Å². The Hall–Kier alpha value is -2.29. The third-order valence-electron chi connectivity index (χ3n) is 2.34. The van der Waals surface area contributed by atoms with Gasteiger partial charge in [0.25, 0.3) is 0 Å². The molecule has 0 aliphatic carbocycles. The van der Waals surface area contributed by atoms with Gasteiger partial charge in [-0.2, -0.15) is 0 Å². The van der Waals surface area contributed by atoms with E-state index in [-0.39, 0.29) is 5.70 Å². The summed E-state index contributed by atoms with van der Waals surface area (Å²) in [6.45, 7) is 0. The minimum Gasteiger partial charge on any atom is -0.477 e. The van der Waals surface area contributed by atoms with Crippen molar-refractivity contribution in [3.63, 3.8) is 0 Å². The summed E-state index contributed by atoms with van der Waals surface area (Å²) in [4.78, 5) is 10.6. The highest BCUT2D eigenvalue weighted by molar-refractivity contribution is 5.92. The zero-order chi connectivity index (χ0) is 11.5. The van der Waals surface area contributed by atoms with Crippen LogP contribution >= 0.6 is 0 Å². The van der Waals surface area contributed by atoms with Crippen molar-refractivity contribution in [1.29, 1.82) is 0 Å². The van der Waals surface area contributed by atoms with Gasteiger partial charge in [0.05, 0.1) is 0 Å². The number of benzene rings is 2. The number of carbonyl (C=O) groups is 1. The number of carboxylic acid groups (broad SMARTS) is 1. The molecular weight excluding hydrogens is 202 g/mol. The largest absolute Gasteiger partial charge is 0.477 e. The SMILES string of the molecule is N/C(=C/c1ccc2ccccc2c1)C(=O)O. The summed E-state index contributed by atoms with van der Waals surface area (Å²) in [6, 6.07) is 13.6. The van der Waals surface area contributed by atoms with Crippen LogP contribution in [0.1, 0.15) is 5.56 Å². The molecule has 0 amide bonds. The van der Waals surface area contributed by atoms with E-state index in [4.69, 9.17) is 10.8 Å². The molecule has 0 saturated carbocycles. The zero-order valence-corrected chi connectivity index (χ0v) is 8.55. The maximum atomic E-state index is 10.6. The Morgan fingerprint density at radius 3 is 2.50 bits per heavy atom. The lowest BCUT2D eigenvalue weighted by molar-refractivity contribution is -0.132. The van der Waals surface area contributed by atoms with E-state index in [1.54, 1.807) is 0 Å². The van der Waals surface area contributed by atoms with Crippen LogP contribution in [-0.2, 0) is 4.79 Å². The van der Waals surface area contributed by atoms with Gasteiger partial charge >= 0.3 is 5.97 Å². The number of aliphatic carboxylic acids is 1. The van der Waals surface area contributed by atoms with Crippen molar-refractivity contribution in [1.82, 2.24) is 0 Å². The predicted octanol–water partition coefficient (Wildman–Crippen LogP) is 2.22. The van der Waals surface area contributed by atoms with Gasteiger partial charge in [-0.25, -0.2) is 4.79 Å². The minimum atomic E-state index is -1.10. The van der Waals surface area contributed by atoms with Gasteiger partial charge in [0, 0.05) is 0 Å². The third kappa shape index (κ3) is 2.03. The molecule has 0 fully saturated rings.